The van der Waals surface area contributed by atoms with E-state index in [2.05, 4.69) is 10.0 Å². The first-order valence-electron chi connectivity index (χ1n) is 7.50. The Hall–Kier alpha value is -2.38. The molecule has 24 heavy (non-hydrogen) atoms. The highest BCUT2D eigenvalue weighted by atomic mass is 32.2. The van der Waals surface area contributed by atoms with Gasteiger partial charge in [-0.05, 0) is 50.2 Å². The van der Waals surface area contributed by atoms with Crippen LogP contribution in [0, 0.1) is 6.92 Å². The maximum Gasteiger partial charge on any atom is 0.241 e. The van der Waals surface area contributed by atoms with E-state index in [9.17, 15) is 13.2 Å². The van der Waals surface area contributed by atoms with E-state index in [0.717, 1.165) is 5.56 Å². The highest BCUT2D eigenvalue weighted by molar-refractivity contribution is 7.89. The molecule has 0 saturated carbocycles. The fraction of sp³-hybridized carbons (Fsp3) is 0.235. The monoisotopic (exact) mass is 348 g/mol. The summed E-state index contributed by atoms with van der Waals surface area (Å²) in [5.74, 6) is 0.155. The molecule has 1 amide bonds. The van der Waals surface area contributed by atoms with Crippen molar-refractivity contribution in [3.8, 4) is 5.75 Å². The molecule has 2 aromatic rings. The molecule has 2 N–H and O–H groups in total. The largest absolute Gasteiger partial charge is 0.494 e. The Labute approximate surface area is 141 Å². The second kappa shape index (κ2) is 7.94. The number of ether oxygens (including phenoxy) is 1. The molecule has 7 heteroatoms. The van der Waals surface area contributed by atoms with Crippen LogP contribution >= 0.6 is 0 Å². The summed E-state index contributed by atoms with van der Waals surface area (Å²) in [5, 5.41) is 2.63. The molecular formula is C17H20N2O4S. The van der Waals surface area contributed by atoms with Gasteiger partial charge in [-0.1, -0.05) is 17.7 Å². The van der Waals surface area contributed by atoms with Gasteiger partial charge in [-0.25, -0.2) is 13.1 Å². The summed E-state index contributed by atoms with van der Waals surface area (Å²) in [6, 6.07) is 13.3. The van der Waals surface area contributed by atoms with Gasteiger partial charge in [0.25, 0.3) is 0 Å². The van der Waals surface area contributed by atoms with Crippen molar-refractivity contribution < 1.29 is 17.9 Å². The summed E-state index contributed by atoms with van der Waals surface area (Å²) >= 11 is 0. The Kier molecular flexibility index (Phi) is 5.94. The van der Waals surface area contributed by atoms with Crippen molar-refractivity contribution >= 4 is 21.6 Å². The number of amides is 1. The van der Waals surface area contributed by atoms with Crippen molar-refractivity contribution in [3.05, 3.63) is 54.1 Å². The van der Waals surface area contributed by atoms with Crippen LogP contribution in [0.5, 0.6) is 5.75 Å². The first-order valence-corrected chi connectivity index (χ1v) is 8.98. The molecular weight excluding hydrogens is 328 g/mol. The second-order valence-corrected chi connectivity index (χ2v) is 6.91. The molecule has 128 valence electrons. The van der Waals surface area contributed by atoms with Crippen LogP contribution in [0.15, 0.2) is 53.4 Å². The third-order valence-electron chi connectivity index (χ3n) is 3.20. The van der Waals surface area contributed by atoms with Crippen molar-refractivity contribution in [3.63, 3.8) is 0 Å². The van der Waals surface area contributed by atoms with E-state index in [0.29, 0.717) is 18.0 Å². The summed E-state index contributed by atoms with van der Waals surface area (Å²) < 4.78 is 31.9. The highest BCUT2D eigenvalue weighted by Gasteiger charge is 2.15. The number of hydrogen-bond acceptors (Lipinski definition) is 4. The van der Waals surface area contributed by atoms with E-state index < -0.39 is 15.9 Å². The Morgan fingerprint density at radius 3 is 2.25 bits per heavy atom. The summed E-state index contributed by atoms with van der Waals surface area (Å²) in [5.41, 5.74) is 1.69. The minimum absolute atomic E-state index is 0.0779. The lowest BCUT2D eigenvalue weighted by Gasteiger charge is -2.09. The minimum Gasteiger partial charge on any atom is -0.494 e. The molecule has 2 aromatic carbocycles. The van der Waals surface area contributed by atoms with Crippen LogP contribution in [0.3, 0.4) is 0 Å². The van der Waals surface area contributed by atoms with Gasteiger partial charge in [0.1, 0.15) is 5.75 Å². The smallest absolute Gasteiger partial charge is 0.241 e. The number of benzene rings is 2. The molecule has 0 saturated heterocycles. The maximum atomic E-state index is 12.2. The molecule has 0 aliphatic carbocycles. The second-order valence-electron chi connectivity index (χ2n) is 5.14. The Bertz CT molecular complexity index is 784. The molecule has 0 spiro atoms. The van der Waals surface area contributed by atoms with Crippen LogP contribution in [-0.2, 0) is 14.8 Å². The summed E-state index contributed by atoms with van der Waals surface area (Å²) in [6.45, 7) is 3.95. The highest BCUT2D eigenvalue weighted by Crippen LogP contribution is 2.15. The van der Waals surface area contributed by atoms with E-state index in [4.69, 9.17) is 4.74 Å². The van der Waals surface area contributed by atoms with Crippen molar-refractivity contribution in [2.24, 2.45) is 0 Å². The van der Waals surface area contributed by atoms with Crippen molar-refractivity contribution in [1.82, 2.24) is 4.72 Å². The fourth-order valence-corrected chi connectivity index (χ4v) is 2.95. The summed E-state index contributed by atoms with van der Waals surface area (Å²) in [6.07, 6.45) is 0. The quantitative estimate of drug-likeness (QED) is 0.804. The lowest BCUT2D eigenvalue weighted by molar-refractivity contribution is -0.115. The predicted molar refractivity (Wildman–Crippen MR) is 92.6 cm³/mol. The molecule has 0 radical (unpaired) electrons. The van der Waals surface area contributed by atoms with Gasteiger partial charge in [0.15, 0.2) is 0 Å². The van der Waals surface area contributed by atoms with Crippen LogP contribution in [-0.4, -0.2) is 27.5 Å². The van der Waals surface area contributed by atoms with Crippen LogP contribution in [0.1, 0.15) is 12.5 Å². The molecule has 0 aliphatic rings. The number of hydrogen-bond donors (Lipinski definition) is 2. The number of carbonyl (C=O) groups excluding carboxylic acids is 1. The lowest BCUT2D eigenvalue weighted by Crippen LogP contribution is -2.32. The van der Waals surface area contributed by atoms with Crippen molar-refractivity contribution in [1.29, 1.82) is 0 Å². The molecule has 2 rings (SSSR count). The van der Waals surface area contributed by atoms with Gasteiger partial charge in [-0.15, -0.1) is 0 Å². The topological polar surface area (TPSA) is 84.5 Å². The standard InChI is InChI=1S/C17H20N2O4S/c1-3-23-15-8-10-16(11-9-15)24(21,22)18-12-17(20)19-14-6-4-13(2)5-7-14/h4-11,18H,3,12H2,1-2H3,(H,19,20). The Morgan fingerprint density at radius 1 is 1.04 bits per heavy atom. The Balaban J connectivity index is 1.93. The van der Waals surface area contributed by atoms with Crippen LogP contribution in [0.2, 0.25) is 0 Å². The molecule has 0 heterocycles. The molecule has 6 nitrogen and oxygen atoms in total. The number of sulfonamides is 1. The van der Waals surface area contributed by atoms with E-state index in [1.54, 1.807) is 24.3 Å². The molecule has 0 bridgehead atoms. The number of aryl methyl sites for hydroxylation is 1. The van der Waals surface area contributed by atoms with Gasteiger partial charge in [0.05, 0.1) is 18.0 Å². The average Bonchev–Trinajstić information content (AvgIpc) is 2.56. The third-order valence-corrected chi connectivity index (χ3v) is 4.62. The minimum atomic E-state index is -3.75. The summed E-state index contributed by atoms with van der Waals surface area (Å²) in [7, 11) is -3.75. The molecule has 0 aromatic heterocycles. The van der Waals surface area contributed by atoms with E-state index in [1.807, 2.05) is 26.0 Å². The Morgan fingerprint density at radius 2 is 1.67 bits per heavy atom. The van der Waals surface area contributed by atoms with E-state index in [1.165, 1.54) is 12.1 Å². The lowest BCUT2D eigenvalue weighted by atomic mass is 10.2. The zero-order valence-corrected chi connectivity index (χ0v) is 14.4. The number of rotatable bonds is 7. The average molecular weight is 348 g/mol. The number of carbonyl (C=O) groups is 1. The first kappa shape index (κ1) is 18.0. The normalized spacial score (nSPS) is 11.1. The third kappa shape index (κ3) is 5.07. The van der Waals surface area contributed by atoms with E-state index in [-0.39, 0.29) is 11.4 Å². The summed E-state index contributed by atoms with van der Waals surface area (Å²) in [4.78, 5) is 11.9. The van der Waals surface area contributed by atoms with Gasteiger partial charge >= 0.3 is 0 Å². The number of anilines is 1. The molecule has 0 aliphatic heterocycles. The fourth-order valence-electron chi connectivity index (χ4n) is 1.97. The van der Waals surface area contributed by atoms with Crippen molar-refractivity contribution in [2.45, 2.75) is 18.7 Å². The van der Waals surface area contributed by atoms with Crippen LogP contribution in [0.4, 0.5) is 5.69 Å². The predicted octanol–water partition coefficient (Wildman–Crippen LogP) is 2.31. The zero-order valence-electron chi connectivity index (χ0n) is 13.6. The van der Waals surface area contributed by atoms with Gasteiger partial charge in [-0.3, -0.25) is 4.79 Å². The zero-order chi connectivity index (χ0) is 17.6. The van der Waals surface area contributed by atoms with Gasteiger partial charge in [0.2, 0.25) is 15.9 Å². The maximum absolute atomic E-state index is 12.2. The van der Waals surface area contributed by atoms with Gasteiger partial charge in [-0.2, -0.15) is 0 Å². The van der Waals surface area contributed by atoms with Gasteiger partial charge in [0, 0.05) is 5.69 Å². The number of nitrogens with one attached hydrogen (secondary N) is 2. The first-order chi connectivity index (χ1) is 11.4. The van der Waals surface area contributed by atoms with Crippen LogP contribution < -0.4 is 14.8 Å². The van der Waals surface area contributed by atoms with Crippen LogP contribution in [0.25, 0.3) is 0 Å². The molecule has 0 unspecified atom stereocenters. The van der Waals surface area contributed by atoms with Gasteiger partial charge < -0.3 is 10.1 Å². The van der Waals surface area contributed by atoms with E-state index >= 15 is 0 Å². The van der Waals surface area contributed by atoms with Crippen molar-refractivity contribution in [2.75, 3.05) is 18.5 Å². The molecule has 0 fully saturated rings. The molecule has 0 atom stereocenters. The SMILES string of the molecule is CCOc1ccc(S(=O)(=O)NCC(=O)Nc2ccc(C)cc2)cc1.